The molecule has 0 atom stereocenters. The monoisotopic (exact) mass is 1010 g/mol. The normalized spacial score (nSPS) is 11.7. The van der Waals surface area contributed by atoms with Gasteiger partial charge in [-0.3, -0.25) is 0 Å². The summed E-state index contributed by atoms with van der Waals surface area (Å²) in [6.07, 6.45) is 62.4. The molecule has 0 bridgehead atoms. The van der Waals surface area contributed by atoms with Gasteiger partial charge < -0.3 is 9.11 Å². The van der Waals surface area contributed by atoms with Crippen LogP contribution >= 0.6 is 0 Å². The summed E-state index contributed by atoms with van der Waals surface area (Å²) in [6.45, 7) is 4.57. The molecule has 0 radical (unpaired) electrons. The van der Waals surface area contributed by atoms with Crippen molar-refractivity contribution in [2.24, 2.45) is 0 Å². The van der Waals surface area contributed by atoms with Gasteiger partial charge in [0.1, 0.15) is 20.2 Å². The molecule has 0 unspecified atom stereocenters. The molecule has 0 aromatic heterocycles. The fourth-order valence-electron chi connectivity index (χ4n) is 9.59. The zero-order valence-corrected chi connectivity index (χ0v) is 48.2. The van der Waals surface area contributed by atoms with Gasteiger partial charge in [0.2, 0.25) is 0 Å². The third-order valence-electron chi connectivity index (χ3n) is 14.0. The molecule has 0 N–H and O–H groups in total. The standard InChI is InChI=1S/2C30H54O3S.Mg/c2*1-2-3-4-5-6-7-8-9-10-11-12-13-14-15-16-17-18-19-20-21-22-23-25-29-26-24-27-30(28-29)34(31,32)33;/h2*24,26-28H,2-23,25H2,1H3,(H,31,32,33);/q;;+2/p-2. The van der Waals surface area contributed by atoms with E-state index in [1.54, 1.807) is 12.1 Å². The first-order chi connectivity index (χ1) is 33.1. The average Bonchev–Trinajstić information content (AvgIpc) is 3.32. The van der Waals surface area contributed by atoms with E-state index in [1.807, 2.05) is 12.1 Å². The van der Waals surface area contributed by atoms with Crippen LogP contribution in [0.1, 0.15) is 307 Å². The van der Waals surface area contributed by atoms with Crippen molar-refractivity contribution in [3.8, 4) is 0 Å². The van der Waals surface area contributed by atoms with Gasteiger partial charge >= 0.3 is 23.1 Å². The summed E-state index contributed by atoms with van der Waals surface area (Å²) in [7, 11) is -8.68. The minimum absolute atomic E-state index is 0. The maximum absolute atomic E-state index is 11.1. The molecule has 2 rings (SSSR count). The van der Waals surface area contributed by atoms with Gasteiger partial charge in [-0.15, -0.1) is 0 Å². The Morgan fingerprint density at radius 1 is 0.290 bits per heavy atom. The first-order valence-electron chi connectivity index (χ1n) is 29.2. The summed E-state index contributed by atoms with van der Waals surface area (Å²) < 4.78 is 66.6. The molecule has 0 heterocycles. The second-order valence-corrected chi connectivity index (χ2v) is 23.3. The molecule has 9 heteroatoms. The van der Waals surface area contributed by atoms with E-state index in [1.165, 1.54) is 294 Å². The maximum Gasteiger partial charge on any atom is 2.00 e. The van der Waals surface area contributed by atoms with Crippen molar-refractivity contribution in [2.75, 3.05) is 0 Å². The van der Waals surface area contributed by atoms with Crippen molar-refractivity contribution < 1.29 is 25.9 Å². The Morgan fingerprint density at radius 2 is 0.464 bits per heavy atom. The number of hydrogen-bond acceptors (Lipinski definition) is 6. The van der Waals surface area contributed by atoms with E-state index in [-0.39, 0.29) is 32.8 Å². The van der Waals surface area contributed by atoms with Gasteiger partial charge in [0.25, 0.3) is 0 Å². The zero-order valence-electron chi connectivity index (χ0n) is 45.1. The van der Waals surface area contributed by atoms with Gasteiger partial charge in [0.05, 0.1) is 9.79 Å². The molecular weight excluding hydrogens is 905 g/mol. The predicted octanol–water partition coefficient (Wildman–Crippen LogP) is 19.1. The third-order valence-corrected chi connectivity index (χ3v) is 15.7. The molecular formula is C60H106MgO6S2. The molecule has 0 aliphatic heterocycles. The van der Waals surface area contributed by atoms with Gasteiger partial charge in [-0.1, -0.05) is 308 Å². The van der Waals surface area contributed by atoms with Crippen LogP contribution in [0, 0.1) is 0 Å². The first kappa shape index (κ1) is 68.0. The van der Waals surface area contributed by atoms with Gasteiger partial charge in [-0.25, -0.2) is 16.8 Å². The summed E-state index contributed by atoms with van der Waals surface area (Å²) in [5.74, 6) is 0. The van der Waals surface area contributed by atoms with Crippen LogP contribution in [0.4, 0.5) is 0 Å². The summed E-state index contributed by atoms with van der Waals surface area (Å²) in [6, 6.07) is 13.0. The van der Waals surface area contributed by atoms with Crippen molar-refractivity contribution in [2.45, 2.75) is 319 Å². The van der Waals surface area contributed by atoms with E-state index in [9.17, 15) is 25.9 Å². The second kappa shape index (κ2) is 49.2. The SMILES string of the molecule is CCCCCCCCCCCCCCCCCCCCCCCCc1cccc(S(=O)(=O)[O-])c1.CCCCCCCCCCCCCCCCCCCCCCCCc1cccc(S(=O)(=O)[O-])c1.[Mg+2]. The molecule has 0 aliphatic rings. The Balaban J connectivity index is 0.00000132. The van der Waals surface area contributed by atoms with Crippen LogP contribution in [0.3, 0.4) is 0 Å². The quantitative estimate of drug-likeness (QED) is 0.0370. The molecule has 0 spiro atoms. The van der Waals surface area contributed by atoms with E-state index in [0.717, 1.165) is 36.8 Å². The van der Waals surface area contributed by atoms with E-state index in [2.05, 4.69) is 13.8 Å². The van der Waals surface area contributed by atoms with Gasteiger partial charge in [-0.05, 0) is 61.1 Å². The number of aryl methyl sites for hydroxylation is 2. The third kappa shape index (κ3) is 45.4. The smallest absolute Gasteiger partial charge is 0.744 e. The van der Waals surface area contributed by atoms with E-state index in [4.69, 9.17) is 0 Å². The van der Waals surface area contributed by atoms with Crippen LogP contribution in [0.5, 0.6) is 0 Å². The minimum atomic E-state index is -4.34. The second-order valence-electron chi connectivity index (χ2n) is 20.6. The Kier molecular flexibility index (Phi) is 48.6. The molecule has 0 amide bonds. The summed E-state index contributed by atoms with van der Waals surface area (Å²) >= 11 is 0. The molecule has 6 nitrogen and oxygen atoms in total. The average molecular weight is 1010 g/mol. The zero-order chi connectivity index (χ0) is 49.5. The molecule has 2 aromatic carbocycles. The summed E-state index contributed by atoms with van der Waals surface area (Å²) in [4.78, 5) is -0.215. The Bertz CT molecular complexity index is 1500. The minimum Gasteiger partial charge on any atom is -0.744 e. The first-order valence-corrected chi connectivity index (χ1v) is 32.0. The van der Waals surface area contributed by atoms with Crippen molar-refractivity contribution in [3.63, 3.8) is 0 Å². The molecule has 0 saturated carbocycles. The molecule has 0 fully saturated rings. The molecule has 69 heavy (non-hydrogen) atoms. The molecule has 2 aromatic rings. The fraction of sp³-hybridized carbons (Fsp3) is 0.800. The van der Waals surface area contributed by atoms with E-state index < -0.39 is 20.2 Å². The maximum atomic E-state index is 11.1. The van der Waals surface area contributed by atoms with Crippen LogP contribution < -0.4 is 0 Å². The number of hydrogen-bond donors (Lipinski definition) is 0. The van der Waals surface area contributed by atoms with Crippen LogP contribution in [-0.4, -0.2) is 49.0 Å². The van der Waals surface area contributed by atoms with Crippen molar-refractivity contribution >= 4 is 43.3 Å². The Morgan fingerprint density at radius 3 is 0.638 bits per heavy atom. The Labute approximate surface area is 445 Å². The summed E-state index contributed by atoms with van der Waals surface area (Å²) in [5.41, 5.74) is 1.90. The fourth-order valence-corrected chi connectivity index (χ4v) is 10.7. The number of unbranched alkanes of at least 4 members (excludes halogenated alkanes) is 42. The van der Waals surface area contributed by atoms with E-state index >= 15 is 0 Å². The van der Waals surface area contributed by atoms with Crippen LogP contribution in [0.25, 0.3) is 0 Å². The van der Waals surface area contributed by atoms with Crippen LogP contribution in [0.15, 0.2) is 58.3 Å². The Hall–Kier alpha value is -0.974. The summed E-state index contributed by atoms with van der Waals surface area (Å²) in [5, 5.41) is 0. The van der Waals surface area contributed by atoms with Crippen LogP contribution in [0.2, 0.25) is 0 Å². The van der Waals surface area contributed by atoms with Crippen molar-refractivity contribution in [1.82, 2.24) is 0 Å². The largest absolute Gasteiger partial charge is 2.00 e. The van der Waals surface area contributed by atoms with Crippen molar-refractivity contribution in [1.29, 1.82) is 0 Å². The van der Waals surface area contributed by atoms with E-state index in [0.29, 0.717) is 0 Å². The predicted molar refractivity (Wildman–Crippen MR) is 296 cm³/mol. The van der Waals surface area contributed by atoms with Crippen LogP contribution in [-0.2, 0) is 33.1 Å². The topological polar surface area (TPSA) is 114 Å². The number of rotatable bonds is 48. The molecule has 0 saturated heterocycles. The molecule has 0 aliphatic carbocycles. The number of benzene rings is 2. The van der Waals surface area contributed by atoms with Gasteiger partial charge in [0, 0.05) is 0 Å². The van der Waals surface area contributed by atoms with Gasteiger partial charge in [0.15, 0.2) is 0 Å². The van der Waals surface area contributed by atoms with Gasteiger partial charge in [-0.2, -0.15) is 0 Å². The molecule has 396 valence electrons. The van der Waals surface area contributed by atoms with Crippen molar-refractivity contribution in [3.05, 3.63) is 59.7 Å².